The molecule has 1 aromatic heterocycles. The van der Waals surface area contributed by atoms with E-state index in [9.17, 15) is 8.42 Å². The summed E-state index contributed by atoms with van der Waals surface area (Å²) in [5.74, 6) is 0. The summed E-state index contributed by atoms with van der Waals surface area (Å²) in [7, 11) is -3.31. The molecule has 14 heavy (non-hydrogen) atoms. The molecule has 0 aliphatic rings. The first-order valence-corrected chi connectivity index (χ1v) is 5.90. The first-order valence-electron chi connectivity index (χ1n) is 4.41. The molecule has 0 saturated heterocycles. The van der Waals surface area contributed by atoms with E-state index in [2.05, 4.69) is 9.97 Å². The minimum absolute atomic E-state index is 0.187. The maximum absolute atomic E-state index is 12.0. The third-order valence-corrected chi connectivity index (χ3v) is 5.00. The van der Waals surface area contributed by atoms with Crippen LogP contribution in [0, 0.1) is 0 Å². The van der Waals surface area contributed by atoms with E-state index in [4.69, 9.17) is 0 Å². The third kappa shape index (κ3) is 1.77. The van der Waals surface area contributed by atoms with Crippen molar-refractivity contribution in [2.75, 3.05) is 0 Å². The highest BCUT2D eigenvalue weighted by molar-refractivity contribution is 7.92. The molecule has 0 aliphatic carbocycles. The summed E-state index contributed by atoms with van der Waals surface area (Å²) in [5.41, 5.74) is 0. The van der Waals surface area contributed by atoms with E-state index in [-0.39, 0.29) is 4.90 Å². The smallest absolute Gasteiger partial charge is 0.186 e. The number of hydrogen-bond donors (Lipinski definition) is 0. The fourth-order valence-corrected chi connectivity index (χ4v) is 2.35. The molecule has 0 radical (unpaired) electrons. The molecule has 1 heterocycles. The van der Waals surface area contributed by atoms with Crippen molar-refractivity contribution in [1.82, 2.24) is 9.97 Å². The van der Waals surface area contributed by atoms with Gasteiger partial charge in [-0.3, -0.25) is 0 Å². The van der Waals surface area contributed by atoms with Crippen molar-refractivity contribution in [2.45, 2.75) is 36.8 Å². The van der Waals surface area contributed by atoms with Crippen LogP contribution in [0.5, 0.6) is 0 Å². The van der Waals surface area contributed by atoms with Gasteiger partial charge in [-0.2, -0.15) is 0 Å². The Morgan fingerprint density at radius 3 is 2.21 bits per heavy atom. The van der Waals surface area contributed by atoms with Crippen LogP contribution in [0.1, 0.15) is 27.2 Å². The molecular formula is C9H14N2O2S. The van der Waals surface area contributed by atoms with E-state index in [1.165, 1.54) is 18.7 Å². The molecule has 0 N–H and O–H groups in total. The normalized spacial score (nSPS) is 12.8. The summed E-state index contributed by atoms with van der Waals surface area (Å²) in [6.07, 6.45) is 4.54. The standard InChI is InChI=1S/C9H14N2O2S/c1-4-9(2,3)14(12,13)8-5-10-7-11-6-8/h5-7H,4H2,1-3H3. The molecule has 0 aromatic carbocycles. The summed E-state index contributed by atoms with van der Waals surface area (Å²) >= 11 is 0. The highest BCUT2D eigenvalue weighted by atomic mass is 32.2. The van der Waals surface area contributed by atoms with Crippen molar-refractivity contribution in [3.8, 4) is 0 Å². The molecule has 0 unspecified atom stereocenters. The van der Waals surface area contributed by atoms with Gasteiger partial charge in [0.25, 0.3) is 0 Å². The lowest BCUT2D eigenvalue weighted by atomic mass is 10.1. The second-order valence-corrected chi connectivity index (χ2v) is 6.27. The topological polar surface area (TPSA) is 59.9 Å². The quantitative estimate of drug-likeness (QED) is 0.764. The summed E-state index contributed by atoms with van der Waals surface area (Å²) in [6.45, 7) is 5.26. The Hall–Kier alpha value is -0.970. The molecule has 0 aliphatic heterocycles. The largest absolute Gasteiger partial charge is 0.243 e. The molecule has 5 heteroatoms. The van der Waals surface area contributed by atoms with Gasteiger partial charge < -0.3 is 0 Å². The fraction of sp³-hybridized carbons (Fsp3) is 0.556. The second-order valence-electron chi connectivity index (χ2n) is 3.69. The Bertz CT molecular complexity index is 398. The van der Waals surface area contributed by atoms with Gasteiger partial charge in [0.2, 0.25) is 0 Å². The van der Waals surface area contributed by atoms with E-state index in [1.807, 2.05) is 6.92 Å². The Morgan fingerprint density at radius 2 is 1.79 bits per heavy atom. The Morgan fingerprint density at radius 1 is 1.29 bits per heavy atom. The van der Waals surface area contributed by atoms with Crippen LogP contribution in [-0.2, 0) is 9.84 Å². The maximum atomic E-state index is 12.0. The van der Waals surface area contributed by atoms with Crippen LogP contribution < -0.4 is 0 Å². The molecule has 1 rings (SSSR count). The zero-order valence-electron chi connectivity index (χ0n) is 8.56. The van der Waals surface area contributed by atoms with Crippen molar-refractivity contribution in [1.29, 1.82) is 0 Å². The lowest BCUT2D eigenvalue weighted by Crippen LogP contribution is -2.31. The average Bonchev–Trinajstić information content (AvgIpc) is 2.19. The van der Waals surface area contributed by atoms with E-state index in [1.54, 1.807) is 13.8 Å². The monoisotopic (exact) mass is 214 g/mol. The minimum atomic E-state index is -3.31. The van der Waals surface area contributed by atoms with Crippen molar-refractivity contribution in [3.05, 3.63) is 18.7 Å². The van der Waals surface area contributed by atoms with E-state index >= 15 is 0 Å². The van der Waals surface area contributed by atoms with Gasteiger partial charge in [-0.1, -0.05) is 6.92 Å². The summed E-state index contributed by atoms with van der Waals surface area (Å²) in [6, 6.07) is 0. The predicted molar refractivity (Wildman–Crippen MR) is 53.6 cm³/mol. The van der Waals surface area contributed by atoms with Gasteiger partial charge in [-0.15, -0.1) is 0 Å². The Labute approximate surface area is 84.3 Å². The molecule has 0 fully saturated rings. The molecule has 0 atom stereocenters. The average molecular weight is 214 g/mol. The van der Waals surface area contributed by atoms with Crippen molar-refractivity contribution in [3.63, 3.8) is 0 Å². The molecule has 0 amide bonds. The lowest BCUT2D eigenvalue weighted by molar-refractivity contribution is 0.537. The third-order valence-electron chi connectivity index (χ3n) is 2.43. The van der Waals surface area contributed by atoms with Crippen molar-refractivity contribution >= 4 is 9.84 Å². The first-order chi connectivity index (χ1) is 6.42. The van der Waals surface area contributed by atoms with Crippen molar-refractivity contribution in [2.24, 2.45) is 0 Å². The SMILES string of the molecule is CCC(C)(C)S(=O)(=O)c1cncnc1. The summed E-state index contributed by atoms with van der Waals surface area (Å²) in [4.78, 5) is 7.60. The van der Waals surface area contributed by atoms with Crippen LogP contribution in [0.4, 0.5) is 0 Å². The molecule has 1 aromatic rings. The van der Waals surface area contributed by atoms with Crippen LogP contribution in [0.15, 0.2) is 23.6 Å². The van der Waals surface area contributed by atoms with Crippen molar-refractivity contribution < 1.29 is 8.42 Å². The number of nitrogens with zero attached hydrogens (tertiary/aromatic N) is 2. The number of rotatable bonds is 3. The molecule has 78 valence electrons. The highest BCUT2D eigenvalue weighted by Gasteiger charge is 2.34. The Balaban J connectivity index is 3.23. The van der Waals surface area contributed by atoms with Gasteiger partial charge in [-0.05, 0) is 20.3 Å². The van der Waals surface area contributed by atoms with Crippen LogP contribution in [0.3, 0.4) is 0 Å². The summed E-state index contributed by atoms with van der Waals surface area (Å²) in [5, 5.41) is 0. The van der Waals surface area contributed by atoms with Crippen LogP contribution in [0.25, 0.3) is 0 Å². The van der Waals surface area contributed by atoms with Gasteiger partial charge in [0, 0.05) is 12.4 Å². The zero-order chi connectivity index (χ0) is 10.8. The fourth-order valence-electron chi connectivity index (χ4n) is 0.933. The first kappa shape index (κ1) is 11.1. The minimum Gasteiger partial charge on any atom is -0.243 e. The van der Waals surface area contributed by atoms with Gasteiger partial charge in [-0.25, -0.2) is 18.4 Å². The second kappa shape index (κ2) is 3.65. The number of hydrogen-bond acceptors (Lipinski definition) is 4. The number of sulfone groups is 1. The molecule has 0 spiro atoms. The van der Waals surface area contributed by atoms with Gasteiger partial charge >= 0.3 is 0 Å². The molecule has 0 saturated carbocycles. The van der Waals surface area contributed by atoms with Gasteiger partial charge in [0.05, 0.1) is 4.75 Å². The van der Waals surface area contributed by atoms with Gasteiger partial charge in [0.1, 0.15) is 11.2 Å². The van der Waals surface area contributed by atoms with Crippen LogP contribution in [0.2, 0.25) is 0 Å². The molecule has 0 bridgehead atoms. The molecular weight excluding hydrogens is 200 g/mol. The zero-order valence-corrected chi connectivity index (χ0v) is 9.37. The van der Waals surface area contributed by atoms with E-state index in [0.717, 1.165) is 0 Å². The molecule has 4 nitrogen and oxygen atoms in total. The number of aromatic nitrogens is 2. The predicted octanol–water partition coefficient (Wildman–Crippen LogP) is 1.44. The summed E-state index contributed by atoms with van der Waals surface area (Å²) < 4.78 is 23.2. The van der Waals surface area contributed by atoms with Crippen LogP contribution in [-0.4, -0.2) is 23.1 Å². The van der Waals surface area contributed by atoms with E-state index in [0.29, 0.717) is 6.42 Å². The van der Waals surface area contributed by atoms with Crippen LogP contribution >= 0.6 is 0 Å². The van der Waals surface area contributed by atoms with E-state index < -0.39 is 14.6 Å². The maximum Gasteiger partial charge on any atom is 0.186 e. The Kier molecular flexibility index (Phi) is 2.89. The van der Waals surface area contributed by atoms with Gasteiger partial charge in [0.15, 0.2) is 9.84 Å². The highest BCUT2D eigenvalue weighted by Crippen LogP contribution is 2.26. The lowest BCUT2D eigenvalue weighted by Gasteiger charge is -2.22.